The van der Waals surface area contributed by atoms with Crippen molar-refractivity contribution in [2.24, 2.45) is 0 Å². The fraction of sp³-hybridized carbons (Fsp3) is 1.00. The second-order valence-electron chi connectivity index (χ2n) is 2.41. The van der Waals surface area contributed by atoms with Crippen LogP contribution in [0.1, 0.15) is 0 Å². The number of quaternary nitrogens is 1. The summed E-state index contributed by atoms with van der Waals surface area (Å²) in [6, 6.07) is 0. The van der Waals surface area contributed by atoms with Gasteiger partial charge in [0.1, 0.15) is 5.45 Å². The van der Waals surface area contributed by atoms with Gasteiger partial charge in [-0.1, -0.05) is 0 Å². The van der Waals surface area contributed by atoms with E-state index < -0.39 is 0 Å². The first-order valence-corrected chi connectivity index (χ1v) is 3.05. The molecule has 0 aromatic heterocycles. The van der Waals surface area contributed by atoms with Crippen LogP contribution < -0.4 is 17.0 Å². The third-order valence-electron chi connectivity index (χ3n) is 0.359. The number of nitrogens with zero attached hydrogens (tertiary/aromatic N) is 1. The molecule has 0 radical (unpaired) electrons. The number of alkyl halides is 1. The van der Waals surface area contributed by atoms with E-state index in [1.807, 2.05) is 0 Å². The molecule has 0 heterocycles. The van der Waals surface area contributed by atoms with Crippen molar-refractivity contribution in [3.05, 3.63) is 0 Å². The van der Waals surface area contributed by atoms with Crippen molar-refractivity contribution in [2.75, 3.05) is 26.6 Å². The van der Waals surface area contributed by atoms with E-state index in [-0.39, 0.29) is 17.0 Å². The Morgan fingerprint density at radius 2 is 1.43 bits per heavy atom. The van der Waals surface area contributed by atoms with Crippen LogP contribution in [-0.2, 0) is 0 Å². The topological polar surface area (TPSA) is 0 Å². The quantitative estimate of drug-likeness (QED) is 0.280. The van der Waals surface area contributed by atoms with Gasteiger partial charge in [-0.2, -0.15) is 0 Å². The smallest absolute Gasteiger partial charge is 0.133 e. The zero-order valence-corrected chi connectivity index (χ0v) is 8.08. The molecule has 0 aromatic carbocycles. The molecule has 0 aliphatic carbocycles. The Bertz CT molecular complexity index is 39.4. The number of hydrogen-bond donors (Lipinski definition) is 0. The van der Waals surface area contributed by atoms with Crippen molar-refractivity contribution in [3.8, 4) is 0 Å². The van der Waals surface area contributed by atoms with Crippen LogP contribution in [0.15, 0.2) is 0 Å². The highest BCUT2D eigenvalue weighted by molar-refractivity contribution is 9.09. The van der Waals surface area contributed by atoms with Crippen molar-refractivity contribution < 1.29 is 21.5 Å². The van der Waals surface area contributed by atoms with Gasteiger partial charge in [-0.15, -0.1) is 0 Å². The van der Waals surface area contributed by atoms with E-state index in [0.717, 1.165) is 9.94 Å². The lowest BCUT2D eigenvalue weighted by Crippen LogP contribution is -3.00. The molecule has 0 rings (SSSR count). The van der Waals surface area contributed by atoms with Crippen molar-refractivity contribution in [1.29, 1.82) is 0 Å². The van der Waals surface area contributed by atoms with Crippen LogP contribution in [0.25, 0.3) is 0 Å². The van der Waals surface area contributed by atoms with E-state index in [2.05, 4.69) is 37.1 Å². The van der Waals surface area contributed by atoms with E-state index in [0.29, 0.717) is 0 Å². The molecule has 7 heavy (non-hydrogen) atoms. The van der Waals surface area contributed by atoms with Crippen molar-refractivity contribution >= 4 is 15.9 Å². The average Bonchev–Trinajstić information content (AvgIpc) is 1.35. The van der Waals surface area contributed by atoms with E-state index in [1.54, 1.807) is 0 Å². The lowest BCUT2D eigenvalue weighted by atomic mass is 10.8. The average molecular weight is 233 g/mol. The molecular formula is C4H11Br2N. The van der Waals surface area contributed by atoms with Crippen molar-refractivity contribution in [3.63, 3.8) is 0 Å². The van der Waals surface area contributed by atoms with Gasteiger partial charge in [0.25, 0.3) is 0 Å². The lowest BCUT2D eigenvalue weighted by Gasteiger charge is -2.19. The molecule has 0 bridgehead atoms. The van der Waals surface area contributed by atoms with Crippen LogP contribution in [-0.4, -0.2) is 31.1 Å². The normalized spacial score (nSPS) is 10.3. The van der Waals surface area contributed by atoms with Crippen LogP contribution in [0.5, 0.6) is 0 Å². The van der Waals surface area contributed by atoms with E-state index >= 15 is 0 Å². The van der Waals surface area contributed by atoms with E-state index in [1.165, 1.54) is 0 Å². The molecular weight excluding hydrogens is 222 g/mol. The summed E-state index contributed by atoms with van der Waals surface area (Å²) in [6.45, 7) is 0. The number of hydrogen-bond acceptors (Lipinski definition) is 0. The predicted octanol–water partition coefficient (Wildman–Crippen LogP) is -1.95. The molecule has 0 amide bonds. The van der Waals surface area contributed by atoms with Gasteiger partial charge >= 0.3 is 0 Å². The van der Waals surface area contributed by atoms with Crippen molar-refractivity contribution in [2.45, 2.75) is 0 Å². The summed E-state index contributed by atoms with van der Waals surface area (Å²) in [7, 11) is 6.40. The Hall–Kier alpha value is 0.920. The minimum Gasteiger partial charge on any atom is -1.00 e. The molecule has 0 saturated carbocycles. The number of halogens is 2. The summed E-state index contributed by atoms with van der Waals surface area (Å²) in [5.41, 5.74) is 1.02. The van der Waals surface area contributed by atoms with Gasteiger partial charge < -0.3 is 21.5 Å². The third-order valence-corrected chi connectivity index (χ3v) is 1.86. The van der Waals surface area contributed by atoms with Crippen molar-refractivity contribution in [1.82, 2.24) is 0 Å². The Morgan fingerprint density at radius 1 is 1.29 bits per heavy atom. The SMILES string of the molecule is C[N+](C)(C)CBr.[Br-]. The van der Waals surface area contributed by atoms with Crippen LogP contribution in [0.3, 0.4) is 0 Å². The molecule has 3 heteroatoms. The van der Waals surface area contributed by atoms with E-state index in [9.17, 15) is 0 Å². The largest absolute Gasteiger partial charge is 1.00 e. The van der Waals surface area contributed by atoms with Gasteiger partial charge in [-0.3, -0.25) is 0 Å². The highest BCUT2D eigenvalue weighted by Crippen LogP contribution is 1.92. The highest BCUT2D eigenvalue weighted by atomic mass is 79.9. The summed E-state index contributed by atoms with van der Waals surface area (Å²) in [5, 5.41) is 0. The van der Waals surface area contributed by atoms with Crippen LogP contribution in [0.4, 0.5) is 0 Å². The minimum atomic E-state index is 0. The molecule has 0 N–H and O–H groups in total. The maximum absolute atomic E-state index is 3.34. The Kier molecular flexibility index (Phi) is 5.98. The van der Waals surface area contributed by atoms with Gasteiger partial charge in [0.15, 0.2) is 0 Å². The van der Waals surface area contributed by atoms with Gasteiger partial charge in [-0.25, -0.2) is 0 Å². The monoisotopic (exact) mass is 231 g/mol. The summed E-state index contributed by atoms with van der Waals surface area (Å²) < 4.78 is 0.986. The Morgan fingerprint density at radius 3 is 1.43 bits per heavy atom. The first kappa shape index (κ1) is 10.8. The lowest BCUT2D eigenvalue weighted by molar-refractivity contribution is -0.855. The van der Waals surface area contributed by atoms with Gasteiger partial charge in [0, 0.05) is 0 Å². The maximum Gasteiger partial charge on any atom is 0.133 e. The molecule has 0 unspecified atom stereocenters. The molecule has 0 atom stereocenters. The molecule has 0 spiro atoms. The molecule has 0 aromatic rings. The molecule has 46 valence electrons. The predicted molar refractivity (Wildman–Crippen MR) is 31.8 cm³/mol. The fourth-order valence-electron chi connectivity index (χ4n) is 0. The summed E-state index contributed by atoms with van der Waals surface area (Å²) in [5.74, 6) is 0. The molecule has 0 aliphatic rings. The van der Waals surface area contributed by atoms with E-state index in [4.69, 9.17) is 0 Å². The molecule has 0 saturated heterocycles. The van der Waals surface area contributed by atoms with Crippen LogP contribution in [0.2, 0.25) is 0 Å². The summed E-state index contributed by atoms with van der Waals surface area (Å²) >= 11 is 3.34. The Labute approximate surface area is 64.2 Å². The molecule has 0 fully saturated rings. The van der Waals surface area contributed by atoms with Crippen LogP contribution in [0, 0.1) is 0 Å². The Balaban J connectivity index is 0. The summed E-state index contributed by atoms with van der Waals surface area (Å²) in [6.07, 6.45) is 0. The van der Waals surface area contributed by atoms with Gasteiger partial charge in [0.2, 0.25) is 0 Å². The second kappa shape index (κ2) is 3.87. The first-order valence-electron chi connectivity index (χ1n) is 1.93. The van der Waals surface area contributed by atoms with Gasteiger partial charge in [0.05, 0.1) is 21.1 Å². The second-order valence-corrected chi connectivity index (χ2v) is 2.91. The molecule has 0 aliphatic heterocycles. The van der Waals surface area contributed by atoms with Crippen LogP contribution >= 0.6 is 15.9 Å². The first-order chi connectivity index (χ1) is 2.56. The maximum atomic E-state index is 3.34. The third kappa shape index (κ3) is 10.9. The van der Waals surface area contributed by atoms with Gasteiger partial charge in [-0.05, 0) is 15.9 Å². The zero-order chi connectivity index (χ0) is 5.21. The fourth-order valence-corrected chi connectivity index (χ4v) is 0. The zero-order valence-electron chi connectivity index (χ0n) is 4.91. The minimum absolute atomic E-state index is 0. The summed E-state index contributed by atoms with van der Waals surface area (Å²) in [4.78, 5) is 0. The number of rotatable bonds is 1. The highest BCUT2D eigenvalue weighted by Gasteiger charge is 1.99. The molecule has 1 nitrogen and oxygen atoms in total. The standard InChI is InChI=1S/C4H11BrN.BrH/c1-6(2,3)4-5;/h4H2,1-3H3;1H/q+1;/p-1.